The van der Waals surface area contributed by atoms with Gasteiger partial charge in [0.15, 0.2) is 6.61 Å². The number of imide groups is 1. The minimum absolute atomic E-state index is 0.0521. The summed E-state index contributed by atoms with van der Waals surface area (Å²) < 4.78 is 5.02. The van der Waals surface area contributed by atoms with Gasteiger partial charge in [0, 0.05) is 18.2 Å². The van der Waals surface area contributed by atoms with Crippen LogP contribution in [0.5, 0.6) is 0 Å². The number of ether oxygens (including phenoxy) is 1. The SMILES string of the molecule is CC(=O)Nc1ccc(N2C(=O)c3ccc(C(=O)OCC(=O)NC(C)(C)C)cc3C2=O)cc1. The van der Waals surface area contributed by atoms with Crippen molar-refractivity contribution in [1.82, 2.24) is 5.32 Å². The molecule has 0 radical (unpaired) electrons. The monoisotopic (exact) mass is 437 g/mol. The van der Waals surface area contributed by atoms with E-state index >= 15 is 0 Å². The quantitative estimate of drug-likeness (QED) is 0.548. The van der Waals surface area contributed by atoms with Crippen LogP contribution in [0.15, 0.2) is 42.5 Å². The summed E-state index contributed by atoms with van der Waals surface area (Å²) in [6, 6.07) is 10.3. The third-order valence-electron chi connectivity index (χ3n) is 4.42. The lowest BCUT2D eigenvalue weighted by molar-refractivity contribution is -0.125. The molecule has 3 rings (SSSR count). The van der Waals surface area contributed by atoms with E-state index in [-0.39, 0.29) is 22.6 Å². The van der Waals surface area contributed by atoms with Crippen LogP contribution in [0.2, 0.25) is 0 Å². The largest absolute Gasteiger partial charge is 0.452 e. The molecule has 4 amide bonds. The Morgan fingerprint density at radius 1 is 0.938 bits per heavy atom. The molecule has 0 spiro atoms. The maximum Gasteiger partial charge on any atom is 0.338 e. The van der Waals surface area contributed by atoms with Gasteiger partial charge in [-0.15, -0.1) is 0 Å². The summed E-state index contributed by atoms with van der Waals surface area (Å²) in [4.78, 5) is 62.0. The highest BCUT2D eigenvalue weighted by molar-refractivity contribution is 6.34. The molecule has 1 aliphatic rings. The van der Waals surface area contributed by atoms with Crippen molar-refractivity contribution in [1.29, 1.82) is 0 Å². The first-order valence-electron chi connectivity index (χ1n) is 9.85. The zero-order chi connectivity index (χ0) is 23.6. The van der Waals surface area contributed by atoms with Gasteiger partial charge in [-0.05, 0) is 63.2 Å². The number of carbonyl (C=O) groups is 5. The number of nitrogens with zero attached hydrogens (tertiary/aromatic N) is 1. The van der Waals surface area contributed by atoms with Gasteiger partial charge in [-0.2, -0.15) is 0 Å². The molecule has 2 aromatic rings. The summed E-state index contributed by atoms with van der Waals surface area (Å²) in [5.74, 6) is -2.59. The van der Waals surface area contributed by atoms with Crippen LogP contribution in [0.25, 0.3) is 0 Å². The van der Waals surface area contributed by atoms with Crippen LogP contribution in [-0.2, 0) is 14.3 Å². The number of amides is 4. The molecular formula is C23H23N3O6. The lowest BCUT2D eigenvalue weighted by Crippen LogP contribution is -2.42. The summed E-state index contributed by atoms with van der Waals surface area (Å²) in [6.45, 7) is 6.31. The topological polar surface area (TPSA) is 122 Å². The average molecular weight is 437 g/mol. The predicted octanol–water partition coefficient (Wildman–Crippen LogP) is 2.52. The smallest absolute Gasteiger partial charge is 0.338 e. The number of rotatable bonds is 5. The second kappa shape index (κ2) is 8.62. The van der Waals surface area contributed by atoms with Crippen LogP contribution >= 0.6 is 0 Å². The van der Waals surface area contributed by atoms with Crippen molar-refractivity contribution >= 4 is 41.0 Å². The van der Waals surface area contributed by atoms with E-state index in [1.54, 1.807) is 32.9 Å². The van der Waals surface area contributed by atoms with Gasteiger partial charge in [0.05, 0.1) is 22.4 Å². The molecule has 0 saturated carbocycles. The van der Waals surface area contributed by atoms with Gasteiger partial charge >= 0.3 is 5.97 Å². The maximum atomic E-state index is 12.9. The Bertz CT molecular complexity index is 1120. The highest BCUT2D eigenvalue weighted by atomic mass is 16.5. The zero-order valence-corrected chi connectivity index (χ0v) is 18.1. The molecule has 9 nitrogen and oxygen atoms in total. The molecule has 0 aromatic heterocycles. The first-order chi connectivity index (χ1) is 15.0. The Labute approximate surface area is 184 Å². The molecule has 0 aliphatic carbocycles. The highest BCUT2D eigenvalue weighted by Gasteiger charge is 2.37. The lowest BCUT2D eigenvalue weighted by atomic mass is 10.1. The molecule has 0 unspecified atom stereocenters. The van der Waals surface area contributed by atoms with E-state index in [0.29, 0.717) is 11.4 Å². The van der Waals surface area contributed by atoms with Crippen molar-refractivity contribution < 1.29 is 28.7 Å². The molecule has 2 N–H and O–H groups in total. The summed E-state index contributed by atoms with van der Waals surface area (Å²) >= 11 is 0. The number of fused-ring (bicyclic) bond motifs is 1. The van der Waals surface area contributed by atoms with Gasteiger partial charge in [0.2, 0.25) is 5.91 Å². The predicted molar refractivity (Wildman–Crippen MR) is 117 cm³/mol. The van der Waals surface area contributed by atoms with Crippen molar-refractivity contribution in [3.63, 3.8) is 0 Å². The van der Waals surface area contributed by atoms with Crippen LogP contribution < -0.4 is 15.5 Å². The number of hydrogen-bond acceptors (Lipinski definition) is 6. The van der Waals surface area contributed by atoms with E-state index in [1.807, 2.05) is 0 Å². The standard InChI is InChI=1S/C23H23N3O6/c1-13(27)24-15-6-8-16(9-7-15)26-20(29)17-10-5-14(11-18(17)21(26)30)22(31)32-12-19(28)25-23(2,3)4/h5-11H,12H2,1-4H3,(H,24,27)(H,25,28). The molecule has 0 fully saturated rings. The first-order valence-corrected chi connectivity index (χ1v) is 9.85. The summed E-state index contributed by atoms with van der Waals surface area (Å²) in [6.07, 6.45) is 0. The molecule has 32 heavy (non-hydrogen) atoms. The Balaban J connectivity index is 1.75. The molecule has 0 atom stereocenters. The fraction of sp³-hybridized carbons (Fsp3) is 0.261. The molecule has 9 heteroatoms. The molecule has 0 bridgehead atoms. The fourth-order valence-corrected chi connectivity index (χ4v) is 3.17. The second-order valence-corrected chi connectivity index (χ2v) is 8.31. The van der Waals surface area contributed by atoms with E-state index in [0.717, 1.165) is 4.90 Å². The van der Waals surface area contributed by atoms with Crippen molar-refractivity contribution in [2.45, 2.75) is 33.2 Å². The molecule has 1 aliphatic heterocycles. The van der Waals surface area contributed by atoms with E-state index < -0.39 is 35.8 Å². The Hall–Kier alpha value is -4.01. The molecular weight excluding hydrogens is 414 g/mol. The van der Waals surface area contributed by atoms with Gasteiger partial charge < -0.3 is 15.4 Å². The van der Waals surface area contributed by atoms with Gasteiger partial charge in [-0.25, -0.2) is 9.69 Å². The van der Waals surface area contributed by atoms with Crippen LogP contribution in [0.4, 0.5) is 11.4 Å². The Morgan fingerprint density at radius 2 is 1.56 bits per heavy atom. The second-order valence-electron chi connectivity index (χ2n) is 8.31. The van der Waals surface area contributed by atoms with E-state index in [1.165, 1.54) is 37.3 Å². The molecule has 1 heterocycles. The summed E-state index contributed by atoms with van der Waals surface area (Å²) in [5, 5.41) is 5.28. The lowest BCUT2D eigenvalue weighted by Gasteiger charge is -2.20. The van der Waals surface area contributed by atoms with Crippen LogP contribution in [-0.4, -0.2) is 41.7 Å². The normalized spacial score (nSPS) is 12.9. The van der Waals surface area contributed by atoms with E-state index in [4.69, 9.17) is 4.74 Å². The number of anilines is 2. The van der Waals surface area contributed by atoms with Crippen molar-refractivity contribution in [3.8, 4) is 0 Å². The average Bonchev–Trinajstić information content (AvgIpc) is 2.95. The number of carbonyl (C=O) groups excluding carboxylic acids is 5. The highest BCUT2D eigenvalue weighted by Crippen LogP contribution is 2.30. The van der Waals surface area contributed by atoms with Gasteiger partial charge in [-0.1, -0.05) is 0 Å². The van der Waals surface area contributed by atoms with Crippen LogP contribution in [0, 0.1) is 0 Å². The maximum absolute atomic E-state index is 12.9. The van der Waals surface area contributed by atoms with Gasteiger partial charge in [0.1, 0.15) is 0 Å². The van der Waals surface area contributed by atoms with E-state index in [2.05, 4.69) is 10.6 Å². The van der Waals surface area contributed by atoms with Gasteiger partial charge in [0.25, 0.3) is 17.7 Å². The third kappa shape index (κ3) is 5.00. The van der Waals surface area contributed by atoms with Crippen LogP contribution in [0.1, 0.15) is 58.8 Å². The summed E-state index contributed by atoms with van der Waals surface area (Å²) in [7, 11) is 0. The van der Waals surface area contributed by atoms with Crippen molar-refractivity contribution in [3.05, 3.63) is 59.2 Å². The van der Waals surface area contributed by atoms with Crippen molar-refractivity contribution in [2.24, 2.45) is 0 Å². The molecule has 2 aromatic carbocycles. The fourth-order valence-electron chi connectivity index (χ4n) is 3.17. The zero-order valence-electron chi connectivity index (χ0n) is 18.1. The molecule has 0 saturated heterocycles. The van der Waals surface area contributed by atoms with Crippen molar-refractivity contribution in [2.75, 3.05) is 16.8 Å². The Kier molecular flexibility index (Phi) is 6.11. The number of nitrogens with one attached hydrogen (secondary N) is 2. The first kappa shape index (κ1) is 22.7. The minimum Gasteiger partial charge on any atom is -0.452 e. The van der Waals surface area contributed by atoms with Crippen LogP contribution in [0.3, 0.4) is 0 Å². The number of hydrogen-bond donors (Lipinski definition) is 2. The number of esters is 1. The van der Waals surface area contributed by atoms with E-state index in [9.17, 15) is 24.0 Å². The number of benzene rings is 2. The van der Waals surface area contributed by atoms with Gasteiger partial charge in [-0.3, -0.25) is 19.2 Å². The minimum atomic E-state index is -0.782. The summed E-state index contributed by atoms with van der Waals surface area (Å²) in [5.41, 5.74) is 0.661. The molecule has 166 valence electrons. The third-order valence-corrected chi connectivity index (χ3v) is 4.42. The Morgan fingerprint density at radius 3 is 2.16 bits per heavy atom.